The number of hydrogen-bond donors (Lipinski definition) is 0. The largest absolute Gasteiger partial charge is 0.573 e. The van der Waals surface area contributed by atoms with Crippen molar-refractivity contribution >= 4 is 18.7 Å². The fourth-order valence-electron chi connectivity index (χ4n) is 3.90. The van der Waals surface area contributed by atoms with Crippen molar-refractivity contribution in [3.05, 3.63) is 23.8 Å². The van der Waals surface area contributed by atoms with E-state index in [4.69, 9.17) is 14.0 Å². The number of piperidine rings is 1. The van der Waals surface area contributed by atoms with Gasteiger partial charge in [-0.1, -0.05) is 12.1 Å². The zero-order valence-electron chi connectivity index (χ0n) is 20.3. The van der Waals surface area contributed by atoms with Gasteiger partial charge >= 0.3 is 19.6 Å². The average molecular weight is 471 g/mol. The summed E-state index contributed by atoms with van der Waals surface area (Å²) >= 11 is 0. The molecular weight excluding hydrogens is 438 g/mol. The van der Waals surface area contributed by atoms with Crippen LogP contribution in [0.2, 0.25) is 0 Å². The number of benzene rings is 1. The van der Waals surface area contributed by atoms with E-state index in [2.05, 4.69) is 4.74 Å². The zero-order valence-corrected chi connectivity index (χ0v) is 20.3. The Morgan fingerprint density at radius 1 is 1.06 bits per heavy atom. The molecule has 2 heterocycles. The van der Waals surface area contributed by atoms with Gasteiger partial charge in [-0.15, -0.1) is 13.2 Å². The monoisotopic (exact) mass is 471 g/mol. The third-order valence-electron chi connectivity index (χ3n) is 6.39. The van der Waals surface area contributed by atoms with Crippen molar-refractivity contribution in [1.29, 1.82) is 0 Å². The number of ether oxygens (including phenoxy) is 2. The summed E-state index contributed by atoms with van der Waals surface area (Å²) in [5.74, 6) is -0.334. The summed E-state index contributed by atoms with van der Waals surface area (Å²) in [6.07, 6.45) is -4.00. The Bertz CT molecular complexity index is 858. The minimum absolute atomic E-state index is 0.00776. The predicted molar refractivity (Wildman–Crippen MR) is 119 cm³/mol. The van der Waals surface area contributed by atoms with Gasteiger partial charge in [-0.25, -0.2) is 4.79 Å². The number of rotatable bonds is 3. The lowest BCUT2D eigenvalue weighted by molar-refractivity contribution is -0.274. The van der Waals surface area contributed by atoms with Gasteiger partial charge in [0.1, 0.15) is 11.4 Å². The van der Waals surface area contributed by atoms with Crippen molar-refractivity contribution in [3.63, 3.8) is 0 Å². The van der Waals surface area contributed by atoms with Gasteiger partial charge in [0.15, 0.2) is 0 Å². The van der Waals surface area contributed by atoms with Crippen LogP contribution in [0.5, 0.6) is 5.75 Å². The van der Waals surface area contributed by atoms with E-state index < -0.39 is 30.3 Å². The molecule has 1 aromatic rings. The number of carbonyl (C=O) groups is 1. The van der Waals surface area contributed by atoms with Crippen molar-refractivity contribution in [1.82, 2.24) is 4.90 Å². The third-order valence-corrected chi connectivity index (χ3v) is 6.39. The van der Waals surface area contributed by atoms with Gasteiger partial charge < -0.3 is 23.7 Å². The SMILES string of the molecule is CC(C)(C)OC(=O)N1CCC(c2ccc(B3OC(C)(C)C(C)(C)O3)c(OC(F)(F)F)c2)CC1. The fourth-order valence-corrected chi connectivity index (χ4v) is 3.90. The molecule has 0 aliphatic carbocycles. The van der Waals surface area contributed by atoms with Crippen LogP contribution in [0.25, 0.3) is 0 Å². The first-order valence-electron chi connectivity index (χ1n) is 11.2. The lowest BCUT2D eigenvalue weighted by atomic mass is 9.76. The maximum Gasteiger partial charge on any atom is 0.573 e. The Morgan fingerprint density at radius 2 is 1.61 bits per heavy atom. The molecule has 0 saturated carbocycles. The Labute approximate surface area is 193 Å². The number of likely N-dealkylation sites (tertiary alicyclic amines) is 1. The highest BCUT2D eigenvalue weighted by Crippen LogP contribution is 2.38. The van der Waals surface area contributed by atoms with Crippen LogP contribution in [0, 0.1) is 0 Å². The van der Waals surface area contributed by atoms with Crippen LogP contribution in [0.15, 0.2) is 18.2 Å². The molecule has 0 atom stereocenters. The van der Waals surface area contributed by atoms with E-state index in [0.29, 0.717) is 25.9 Å². The number of amides is 1. The highest BCUT2D eigenvalue weighted by Gasteiger charge is 2.53. The van der Waals surface area contributed by atoms with E-state index in [1.165, 1.54) is 6.07 Å². The Hall–Kier alpha value is -1.94. The topological polar surface area (TPSA) is 57.2 Å². The second-order valence-electron chi connectivity index (χ2n) is 10.7. The van der Waals surface area contributed by atoms with E-state index in [1.54, 1.807) is 37.8 Å². The summed E-state index contributed by atoms with van der Waals surface area (Å²) in [6.45, 7) is 13.7. The molecule has 2 saturated heterocycles. The molecule has 0 N–H and O–H groups in total. The molecule has 184 valence electrons. The lowest BCUT2D eigenvalue weighted by Gasteiger charge is -2.33. The van der Waals surface area contributed by atoms with Crippen molar-refractivity contribution < 1.29 is 36.7 Å². The summed E-state index contributed by atoms with van der Waals surface area (Å²) in [5, 5.41) is 0. The van der Waals surface area contributed by atoms with E-state index in [9.17, 15) is 18.0 Å². The van der Waals surface area contributed by atoms with Crippen LogP contribution >= 0.6 is 0 Å². The molecule has 1 amide bonds. The van der Waals surface area contributed by atoms with Crippen molar-refractivity contribution in [3.8, 4) is 5.75 Å². The van der Waals surface area contributed by atoms with Gasteiger partial charge in [0.25, 0.3) is 0 Å². The van der Waals surface area contributed by atoms with E-state index in [1.807, 2.05) is 27.7 Å². The quantitative estimate of drug-likeness (QED) is 0.581. The van der Waals surface area contributed by atoms with Gasteiger partial charge in [-0.2, -0.15) is 0 Å². The molecule has 6 nitrogen and oxygen atoms in total. The normalized spacial score (nSPS) is 21.3. The van der Waals surface area contributed by atoms with E-state index in [0.717, 1.165) is 5.56 Å². The summed E-state index contributed by atoms with van der Waals surface area (Å²) < 4.78 is 61.3. The van der Waals surface area contributed by atoms with E-state index >= 15 is 0 Å². The minimum atomic E-state index is -4.85. The van der Waals surface area contributed by atoms with Crippen LogP contribution in [0.3, 0.4) is 0 Å². The first kappa shape index (κ1) is 25.7. The molecule has 33 heavy (non-hydrogen) atoms. The van der Waals surface area contributed by atoms with Crippen molar-refractivity contribution in [2.75, 3.05) is 13.1 Å². The van der Waals surface area contributed by atoms with Gasteiger partial charge in [-0.05, 0) is 78.9 Å². The number of nitrogens with zero attached hydrogens (tertiary/aromatic N) is 1. The average Bonchev–Trinajstić information content (AvgIpc) is 2.86. The maximum atomic E-state index is 13.2. The Balaban J connectivity index is 1.78. The molecule has 2 aliphatic heterocycles. The van der Waals surface area contributed by atoms with Crippen LogP contribution in [0.1, 0.15) is 72.8 Å². The summed E-state index contributed by atoms with van der Waals surface area (Å²) in [5.41, 5.74) is -1.05. The van der Waals surface area contributed by atoms with E-state index in [-0.39, 0.29) is 23.2 Å². The summed E-state index contributed by atoms with van der Waals surface area (Å²) in [7, 11) is -0.976. The van der Waals surface area contributed by atoms with Crippen LogP contribution in [0.4, 0.5) is 18.0 Å². The molecule has 1 aromatic carbocycles. The van der Waals surface area contributed by atoms with Gasteiger partial charge in [0, 0.05) is 18.6 Å². The van der Waals surface area contributed by atoms with Gasteiger partial charge in [0.05, 0.1) is 11.2 Å². The maximum absolute atomic E-state index is 13.2. The Morgan fingerprint density at radius 3 is 2.09 bits per heavy atom. The summed E-state index contributed by atoms with van der Waals surface area (Å²) in [4.78, 5) is 13.9. The van der Waals surface area contributed by atoms with Crippen molar-refractivity contribution in [2.24, 2.45) is 0 Å². The van der Waals surface area contributed by atoms with Crippen LogP contribution < -0.4 is 10.2 Å². The molecule has 2 aliphatic rings. The second-order valence-corrected chi connectivity index (χ2v) is 10.7. The highest BCUT2D eigenvalue weighted by molar-refractivity contribution is 6.63. The standard InChI is InChI=1S/C23H33BF3NO5/c1-20(2,3)31-19(29)28-12-10-15(11-13-28)16-8-9-17(18(14-16)30-23(25,26)27)24-32-21(4,5)22(6,7)33-24/h8-9,14-15H,10-13H2,1-7H3. The van der Waals surface area contributed by atoms with Gasteiger partial charge in [-0.3, -0.25) is 0 Å². The molecule has 0 aromatic heterocycles. The number of carbonyl (C=O) groups excluding carboxylic acids is 1. The zero-order chi connectivity index (χ0) is 24.8. The molecule has 0 bridgehead atoms. The smallest absolute Gasteiger partial charge is 0.444 e. The predicted octanol–water partition coefficient (Wildman–Crippen LogP) is 5.00. The van der Waals surface area contributed by atoms with Crippen molar-refractivity contribution in [2.45, 2.75) is 90.4 Å². The lowest BCUT2D eigenvalue weighted by Crippen LogP contribution is -2.41. The Kier molecular flexibility index (Phi) is 6.76. The molecule has 0 unspecified atom stereocenters. The molecular formula is C23H33BF3NO5. The molecule has 3 rings (SSSR count). The number of alkyl halides is 3. The third kappa shape index (κ3) is 6.15. The highest BCUT2D eigenvalue weighted by atomic mass is 19.4. The second kappa shape index (κ2) is 8.69. The minimum Gasteiger partial charge on any atom is -0.444 e. The first-order chi connectivity index (χ1) is 15.0. The van der Waals surface area contributed by atoms with Crippen LogP contribution in [-0.2, 0) is 14.0 Å². The van der Waals surface area contributed by atoms with Crippen LogP contribution in [-0.4, -0.2) is 54.4 Å². The first-order valence-corrected chi connectivity index (χ1v) is 11.2. The molecule has 0 spiro atoms. The molecule has 10 heteroatoms. The summed E-state index contributed by atoms with van der Waals surface area (Å²) in [6, 6.07) is 4.79. The number of hydrogen-bond acceptors (Lipinski definition) is 5. The molecule has 2 fully saturated rings. The fraction of sp³-hybridized carbons (Fsp3) is 0.696. The molecule has 0 radical (unpaired) electrons. The number of halogens is 3. The van der Waals surface area contributed by atoms with Gasteiger partial charge in [0.2, 0.25) is 0 Å².